The summed E-state index contributed by atoms with van der Waals surface area (Å²) in [7, 11) is 0. The van der Waals surface area contributed by atoms with Crippen LogP contribution in [0.15, 0.2) is 77.0 Å². The van der Waals surface area contributed by atoms with E-state index in [0.717, 1.165) is 11.3 Å². The monoisotopic (exact) mass is 523 g/mol. The summed E-state index contributed by atoms with van der Waals surface area (Å²) in [4.78, 5) is 45.2. The first kappa shape index (κ1) is 27.5. The molecule has 0 aliphatic carbocycles. The van der Waals surface area contributed by atoms with Crippen molar-refractivity contribution >= 4 is 40.2 Å². The molecule has 0 saturated heterocycles. The van der Waals surface area contributed by atoms with Gasteiger partial charge in [0, 0.05) is 24.8 Å². The Morgan fingerprint density at radius 2 is 1.61 bits per heavy atom. The van der Waals surface area contributed by atoms with Crippen LogP contribution in [0.1, 0.15) is 18.9 Å². The van der Waals surface area contributed by atoms with E-state index in [4.69, 9.17) is 4.74 Å². The number of rotatable bonds is 12. The summed E-state index contributed by atoms with van der Waals surface area (Å²) in [5.74, 6) is -2.05. The predicted molar refractivity (Wildman–Crippen MR) is 134 cm³/mol. The molecular weight excluding hydrogens is 501 g/mol. The number of azo groups is 1. The Kier molecular flexibility index (Phi) is 9.24. The number of carbonyl (C=O) groups excluding carboxylic acids is 2. The lowest BCUT2D eigenvalue weighted by atomic mass is 10.2. The molecule has 0 aromatic heterocycles. The number of anilines is 1. The Morgan fingerprint density at radius 1 is 0.947 bits per heavy atom. The van der Waals surface area contributed by atoms with Gasteiger partial charge in [-0.3, -0.25) is 29.8 Å². The number of benzene rings is 3. The maximum atomic E-state index is 14.0. The van der Waals surface area contributed by atoms with Gasteiger partial charge < -0.3 is 9.64 Å². The van der Waals surface area contributed by atoms with E-state index in [2.05, 4.69) is 10.2 Å². The van der Waals surface area contributed by atoms with Crippen LogP contribution in [0.3, 0.4) is 0 Å². The van der Waals surface area contributed by atoms with Crippen LogP contribution in [0, 0.1) is 26.0 Å². The van der Waals surface area contributed by atoms with Gasteiger partial charge in [0.05, 0.1) is 28.0 Å². The number of nitrogens with zero attached hydrogens (tertiary/aromatic N) is 5. The number of carbonyl (C=O) groups is 2. The molecule has 0 aliphatic rings. The van der Waals surface area contributed by atoms with Gasteiger partial charge in [-0.25, -0.2) is 0 Å². The SMILES string of the molecule is CC(=O)COC(=O)CCN(Cc1ccccc1)c1ccc(N=Nc2cc(F)c([N+](=O)[O-])cc2[N+](=O)[O-])cc1. The highest BCUT2D eigenvalue weighted by Gasteiger charge is 2.25. The first-order valence-corrected chi connectivity index (χ1v) is 11.2. The van der Waals surface area contributed by atoms with E-state index >= 15 is 0 Å². The average molecular weight is 523 g/mol. The van der Waals surface area contributed by atoms with Gasteiger partial charge >= 0.3 is 17.3 Å². The van der Waals surface area contributed by atoms with Crippen LogP contribution in [0.25, 0.3) is 0 Å². The lowest BCUT2D eigenvalue weighted by Gasteiger charge is -2.25. The third-order valence-corrected chi connectivity index (χ3v) is 5.16. The fourth-order valence-electron chi connectivity index (χ4n) is 3.33. The number of ketones is 1. The summed E-state index contributed by atoms with van der Waals surface area (Å²) in [5, 5.41) is 29.8. The number of nitro benzene ring substituents is 2. The van der Waals surface area contributed by atoms with Crippen LogP contribution in [0.5, 0.6) is 0 Å². The zero-order valence-corrected chi connectivity index (χ0v) is 20.2. The number of esters is 1. The second kappa shape index (κ2) is 12.8. The Labute approximate surface area is 215 Å². The van der Waals surface area contributed by atoms with Gasteiger partial charge in [0.15, 0.2) is 11.5 Å². The van der Waals surface area contributed by atoms with E-state index < -0.39 is 38.7 Å². The van der Waals surface area contributed by atoms with Crippen molar-refractivity contribution in [2.75, 3.05) is 18.1 Å². The lowest BCUT2D eigenvalue weighted by Crippen LogP contribution is -2.26. The summed E-state index contributed by atoms with van der Waals surface area (Å²) in [6.45, 7) is 1.80. The van der Waals surface area contributed by atoms with E-state index in [1.54, 1.807) is 24.3 Å². The molecule has 0 radical (unpaired) electrons. The van der Waals surface area contributed by atoms with Crippen molar-refractivity contribution in [2.45, 2.75) is 19.9 Å². The van der Waals surface area contributed by atoms with Crippen molar-refractivity contribution in [1.29, 1.82) is 0 Å². The van der Waals surface area contributed by atoms with Crippen molar-refractivity contribution in [3.63, 3.8) is 0 Å². The fraction of sp³-hybridized carbons (Fsp3) is 0.200. The van der Waals surface area contributed by atoms with Crippen molar-refractivity contribution in [3.8, 4) is 0 Å². The maximum Gasteiger partial charge on any atom is 0.311 e. The summed E-state index contributed by atoms with van der Waals surface area (Å²) in [6.07, 6.45) is 0.0386. The Morgan fingerprint density at radius 3 is 2.21 bits per heavy atom. The number of hydrogen-bond acceptors (Lipinski definition) is 10. The number of nitro groups is 2. The molecule has 3 aromatic carbocycles. The molecule has 0 N–H and O–H groups in total. The molecule has 196 valence electrons. The third-order valence-electron chi connectivity index (χ3n) is 5.16. The van der Waals surface area contributed by atoms with Crippen molar-refractivity contribution < 1.29 is 28.6 Å². The zero-order chi connectivity index (χ0) is 27.7. The molecule has 12 nitrogen and oxygen atoms in total. The van der Waals surface area contributed by atoms with E-state index in [1.807, 2.05) is 35.2 Å². The Bertz CT molecular complexity index is 1360. The molecule has 0 aliphatic heterocycles. The first-order valence-electron chi connectivity index (χ1n) is 11.2. The Hall–Kier alpha value is -5.07. The van der Waals surface area contributed by atoms with E-state index in [1.165, 1.54) is 6.92 Å². The quantitative estimate of drug-likeness (QED) is 0.129. The second-order valence-electron chi connectivity index (χ2n) is 8.04. The Balaban J connectivity index is 1.80. The van der Waals surface area contributed by atoms with Gasteiger partial charge in [-0.2, -0.15) is 9.50 Å². The number of Topliss-reactive ketones (excluding diaryl/α,β-unsaturated/α-hetero) is 1. The van der Waals surface area contributed by atoms with E-state index in [-0.39, 0.29) is 24.5 Å². The average Bonchev–Trinajstić information content (AvgIpc) is 2.89. The number of ether oxygens (including phenoxy) is 1. The molecule has 0 unspecified atom stereocenters. The van der Waals surface area contributed by atoms with Gasteiger partial charge in [0.25, 0.3) is 0 Å². The van der Waals surface area contributed by atoms with E-state index in [0.29, 0.717) is 25.2 Å². The highest BCUT2D eigenvalue weighted by molar-refractivity contribution is 5.80. The fourth-order valence-corrected chi connectivity index (χ4v) is 3.33. The molecule has 0 spiro atoms. The molecule has 0 atom stereocenters. The molecule has 0 bridgehead atoms. The molecule has 13 heteroatoms. The maximum absolute atomic E-state index is 14.0. The predicted octanol–water partition coefficient (Wildman–Crippen LogP) is 5.59. The van der Waals surface area contributed by atoms with E-state index in [9.17, 15) is 34.2 Å². The standard InChI is InChI=1S/C25H22FN5O7/c1-17(32)16-38-25(33)11-12-29(15-18-5-3-2-4-6-18)20-9-7-19(8-10-20)27-28-22-13-21(26)23(30(34)35)14-24(22)31(36)37/h2-10,13-14H,11-12,15-16H2,1H3. The van der Waals surface area contributed by atoms with Crippen molar-refractivity contribution in [3.05, 3.63) is 98.3 Å². The third kappa shape index (κ3) is 7.71. The summed E-state index contributed by atoms with van der Waals surface area (Å²) < 4.78 is 18.9. The summed E-state index contributed by atoms with van der Waals surface area (Å²) >= 11 is 0. The molecule has 0 fully saturated rings. The number of halogens is 1. The van der Waals surface area contributed by atoms with Crippen LogP contribution in [-0.4, -0.2) is 34.8 Å². The van der Waals surface area contributed by atoms with Gasteiger partial charge in [-0.15, -0.1) is 5.11 Å². The van der Waals surface area contributed by atoms with Gasteiger partial charge in [-0.1, -0.05) is 30.3 Å². The normalized spacial score (nSPS) is 10.8. The van der Waals surface area contributed by atoms with Crippen LogP contribution < -0.4 is 4.90 Å². The molecule has 3 rings (SSSR count). The highest BCUT2D eigenvalue weighted by atomic mass is 19.1. The van der Waals surface area contributed by atoms with Gasteiger partial charge in [-0.05, 0) is 36.8 Å². The van der Waals surface area contributed by atoms with Crippen LogP contribution in [0.4, 0.5) is 32.8 Å². The number of hydrogen-bond donors (Lipinski definition) is 0. The van der Waals surface area contributed by atoms with Crippen molar-refractivity contribution in [2.24, 2.45) is 10.2 Å². The largest absolute Gasteiger partial charge is 0.458 e. The summed E-state index contributed by atoms with van der Waals surface area (Å²) in [5.41, 5.74) is -0.285. The van der Waals surface area contributed by atoms with Crippen LogP contribution in [-0.2, 0) is 20.9 Å². The lowest BCUT2D eigenvalue weighted by molar-refractivity contribution is -0.395. The van der Waals surface area contributed by atoms with Crippen LogP contribution in [0.2, 0.25) is 0 Å². The minimum atomic E-state index is -1.27. The zero-order valence-electron chi connectivity index (χ0n) is 20.2. The topological polar surface area (TPSA) is 158 Å². The molecule has 0 saturated carbocycles. The van der Waals surface area contributed by atoms with Crippen molar-refractivity contribution in [1.82, 2.24) is 0 Å². The molecule has 0 amide bonds. The van der Waals surface area contributed by atoms with Gasteiger partial charge in [0.2, 0.25) is 5.82 Å². The minimum absolute atomic E-state index is 0.0386. The summed E-state index contributed by atoms with van der Waals surface area (Å²) in [6, 6.07) is 17.1. The van der Waals surface area contributed by atoms with Crippen LogP contribution >= 0.6 is 0 Å². The molecular formula is C25H22FN5O7. The highest BCUT2D eigenvalue weighted by Crippen LogP contribution is 2.35. The second-order valence-corrected chi connectivity index (χ2v) is 8.04. The smallest absolute Gasteiger partial charge is 0.311 e. The van der Waals surface area contributed by atoms with Gasteiger partial charge in [0.1, 0.15) is 6.61 Å². The first-order chi connectivity index (χ1) is 18.1. The molecule has 0 heterocycles. The minimum Gasteiger partial charge on any atom is -0.458 e. The molecule has 3 aromatic rings. The molecule has 38 heavy (non-hydrogen) atoms.